The maximum atomic E-state index is 13.1. The second kappa shape index (κ2) is 13.3. The summed E-state index contributed by atoms with van der Waals surface area (Å²) in [5.41, 5.74) is 1.02. The van der Waals surface area contributed by atoms with Crippen molar-refractivity contribution in [1.82, 2.24) is 9.80 Å². The molecule has 9 nitrogen and oxygen atoms in total. The molecule has 0 atom stereocenters. The van der Waals surface area contributed by atoms with E-state index in [1.165, 1.54) is 31.4 Å². The van der Waals surface area contributed by atoms with Crippen LogP contribution in [0.15, 0.2) is 41.3 Å². The van der Waals surface area contributed by atoms with Crippen molar-refractivity contribution in [2.45, 2.75) is 25.7 Å². The van der Waals surface area contributed by atoms with Crippen LogP contribution >= 0.6 is 34.4 Å². The normalized spacial score (nSPS) is 16.8. The van der Waals surface area contributed by atoms with Crippen LogP contribution in [0.4, 0.5) is 14.9 Å². The number of likely N-dealkylation sites (tertiary alicyclic amines) is 1. The van der Waals surface area contributed by atoms with Gasteiger partial charge < -0.3 is 19.7 Å². The van der Waals surface area contributed by atoms with E-state index in [0.717, 1.165) is 42.3 Å². The van der Waals surface area contributed by atoms with Gasteiger partial charge in [0.15, 0.2) is 18.1 Å². The third kappa shape index (κ3) is 7.50. The predicted octanol–water partition coefficient (Wildman–Crippen LogP) is 4.90. The molecule has 0 radical (unpaired) electrons. The number of thioether (sulfide) groups is 1. The molecule has 0 saturated carbocycles. The number of hydrogen-bond donors (Lipinski definition) is 1. The van der Waals surface area contributed by atoms with Crippen LogP contribution in [0.25, 0.3) is 6.08 Å². The predicted molar refractivity (Wildman–Crippen MR) is 154 cm³/mol. The first kappa shape index (κ1) is 28.9. The van der Waals surface area contributed by atoms with Gasteiger partial charge in [-0.05, 0) is 95.2 Å². The highest BCUT2D eigenvalue weighted by molar-refractivity contribution is 14.1. The molecule has 0 aromatic heterocycles. The molecule has 0 unspecified atom stereocenters. The molecule has 4 rings (SSSR count). The van der Waals surface area contributed by atoms with Gasteiger partial charge in [0, 0.05) is 18.8 Å². The van der Waals surface area contributed by atoms with Crippen LogP contribution in [-0.2, 0) is 14.4 Å². The average molecular weight is 667 g/mol. The van der Waals surface area contributed by atoms with Crippen LogP contribution in [-0.4, -0.2) is 66.1 Å². The number of anilines is 1. The fourth-order valence-electron chi connectivity index (χ4n) is 4.17. The smallest absolute Gasteiger partial charge is 0.294 e. The summed E-state index contributed by atoms with van der Waals surface area (Å²) < 4.78 is 24.8. The highest BCUT2D eigenvalue weighted by atomic mass is 127. The Hall–Kier alpha value is -3.13. The number of nitrogens with one attached hydrogen (secondary N) is 1. The lowest BCUT2D eigenvalue weighted by Crippen LogP contribution is -2.42. The second-order valence-corrected chi connectivity index (χ2v) is 11.1. The number of amides is 4. The van der Waals surface area contributed by atoms with Gasteiger partial charge in [-0.25, -0.2) is 4.39 Å². The number of carbonyl (C=O) groups excluding carboxylic acids is 4. The Bertz CT molecular complexity index is 1300. The number of hydrogen-bond acceptors (Lipinski definition) is 7. The molecule has 2 aromatic carbocycles. The quantitative estimate of drug-likeness (QED) is 0.316. The molecule has 2 aromatic rings. The molecule has 4 amide bonds. The summed E-state index contributed by atoms with van der Waals surface area (Å²) >= 11 is 2.81. The fourth-order valence-corrected chi connectivity index (χ4v) is 5.79. The van der Waals surface area contributed by atoms with E-state index in [4.69, 9.17) is 9.47 Å². The van der Waals surface area contributed by atoms with Gasteiger partial charge in [0.2, 0.25) is 5.91 Å². The lowest BCUT2D eigenvalue weighted by Gasteiger charge is -2.22. The van der Waals surface area contributed by atoms with E-state index in [9.17, 15) is 23.6 Å². The van der Waals surface area contributed by atoms with Gasteiger partial charge in [0.05, 0.1) is 15.6 Å². The van der Waals surface area contributed by atoms with Crippen molar-refractivity contribution in [3.05, 3.63) is 56.3 Å². The fraction of sp³-hybridized carbons (Fsp3) is 0.333. The Labute approximate surface area is 243 Å². The van der Waals surface area contributed by atoms with Crippen molar-refractivity contribution >= 4 is 69.1 Å². The van der Waals surface area contributed by atoms with Crippen LogP contribution < -0.4 is 14.8 Å². The Morgan fingerprint density at radius 2 is 1.79 bits per heavy atom. The Morgan fingerprint density at radius 3 is 2.46 bits per heavy atom. The third-order valence-electron chi connectivity index (χ3n) is 6.15. The van der Waals surface area contributed by atoms with Crippen molar-refractivity contribution in [3.63, 3.8) is 0 Å². The first-order valence-electron chi connectivity index (χ1n) is 12.3. The number of nitrogens with zero attached hydrogens (tertiary/aromatic N) is 2. The molecule has 2 aliphatic heterocycles. The molecular formula is C27H27FIN3O6S. The van der Waals surface area contributed by atoms with E-state index in [2.05, 4.69) is 5.32 Å². The summed E-state index contributed by atoms with van der Waals surface area (Å²) in [4.78, 5) is 53.5. The molecule has 2 saturated heterocycles. The van der Waals surface area contributed by atoms with Crippen LogP contribution in [0.1, 0.15) is 31.2 Å². The van der Waals surface area contributed by atoms with Crippen LogP contribution in [0, 0.1) is 9.39 Å². The van der Waals surface area contributed by atoms with Gasteiger partial charge in [0.25, 0.3) is 17.1 Å². The summed E-state index contributed by atoms with van der Waals surface area (Å²) in [5.74, 6) is -0.915. The third-order valence-corrected chi connectivity index (χ3v) is 7.86. The van der Waals surface area contributed by atoms with E-state index >= 15 is 0 Å². The summed E-state index contributed by atoms with van der Waals surface area (Å²) in [6.07, 6.45) is 5.56. The second-order valence-electron chi connectivity index (χ2n) is 8.94. The van der Waals surface area contributed by atoms with E-state index < -0.39 is 22.9 Å². The van der Waals surface area contributed by atoms with E-state index in [1.807, 2.05) is 22.6 Å². The van der Waals surface area contributed by atoms with Crippen molar-refractivity contribution in [1.29, 1.82) is 0 Å². The molecule has 2 fully saturated rings. The Kier molecular flexibility index (Phi) is 9.83. The standard InChI is InChI=1S/C27H27FIN3O6S/c1-37-21-13-17(12-20(29)25(21)38-16-23(33)30-19-8-6-18(28)7-9-19)14-22-26(35)32(27(36)39-22)15-24(34)31-10-4-2-3-5-11-31/h6-9,12-14H,2-5,10-11,15-16H2,1H3,(H,30,33). The minimum absolute atomic E-state index is 0.203. The zero-order valence-electron chi connectivity index (χ0n) is 21.2. The van der Waals surface area contributed by atoms with Gasteiger partial charge in [-0.15, -0.1) is 0 Å². The van der Waals surface area contributed by atoms with Crippen molar-refractivity contribution < 1.29 is 33.0 Å². The zero-order chi connectivity index (χ0) is 27.9. The van der Waals surface area contributed by atoms with Gasteiger partial charge in [-0.3, -0.25) is 24.1 Å². The van der Waals surface area contributed by atoms with Gasteiger partial charge in [-0.2, -0.15) is 0 Å². The van der Waals surface area contributed by atoms with Crippen molar-refractivity contribution in [2.24, 2.45) is 0 Å². The molecule has 206 valence electrons. The molecule has 2 aliphatic rings. The summed E-state index contributed by atoms with van der Waals surface area (Å²) in [6, 6.07) is 8.73. The highest BCUT2D eigenvalue weighted by Crippen LogP contribution is 2.37. The molecule has 1 N–H and O–H groups in total. The number of imide groups is 1. The van der Waals surface area contributed by atoms with Crippen LogP contribution in [0.2, 0.25) is 0 Å². The van der Waals surface area contributed by atoms with E-state index in [1.54, 1.807) is 23.1 Å². The summed E-state index contributed by atoms with van der Waals surface area (Å²) in [6.45, 7) is 0.708. The summed E-state index contributed by atoms with van der Waals surface area (Å²) in [5, 5.41) is 2.14. The molecule has 39 heavy (non-hydrogen) atoms. The lowest BCUT2D eigenvalue weighted by atomic mass is 10.2. The number of rotatable bonds is 8. The van der Waals surface area contributed by atoms with Gasteiger partial charge in [-0.1, -0.05) is 12.8 Å². The van der Waals surface area contributed by atoms with Crippen LogP contribution in [0.3, 0.4) is 0 Å². The highest BCUT2D eigenvalue weighted by Gasteiger charge is 2.37. The van der Waals surface area contributed by atoms with E-state index in [0.29, 0.717) is 39.4 Å². The summed E-state index contributed by atoms with van der Waals surface area (Å²) in [7, 11) is 1.45. The molecular weight excluding hydrogens is 640 g/mol. The monoisotopic (exact) mass is 667 g/mol. The molecule has 0 bridgehead atoms. The minimum atomic E-state index is -0.514. The average Bonchev–Trinajstić information content (AvgIpc) is 3.09. The molecule has 0 aliphatic carbocycles. The first-order valence-corrected chi connectivity index (χ1v) is 14.2. The number of methoxy groups -OCH3 is 1. The SMILES string of the molecule is COc1cc(C=C2SC(=O)N(CC(=O)N3CCCCCC3)C2=O)cc(I)c1OCC(=O)Nc1ccc(F)cc1. The molecule has 2 heterocycles. The minimum Gasteiger partial charge on any atom is -0.493 e. The van der Waals surface area contributed by atoms with Gasteiger partial charge in [0.1, 0.15) is 12.4 Å². The first-order chi connectivity index (χ1) is 18.7. The zero-order valence-corrected chi connectivity index (χ0v) is 24.2. The Balaban J connectivity index is 1.42. The maximum Gasteiger partial charge on any atom is 0.294 e. The number of benzene rings is 2. The van der Waals surface area contributed by atoms with E-state index in [-0.39, 0.29) is 24.0 Å². The molecule has 12 heteroatoms. The van der Waals surface area contributed by atoms with Crippen LogP contribution in [0.5, 0.6) is 11.5 Å². The lowest BCUT2D eigenvalue weighted by molar-refractivity contribution is -0.135. The largest absolute Gasteiger partial charge is 0.493 e. The maximum absolute atomic E-state index is 13.1. The molecule has 0 spiro atoms. The van der Waals surface area contributed by atoms with Crippen molar-refractivity contribution in [3.8, 4) is 11.5 Å². The topological polar surface area (TPSA) is 105 Å². The number of carbonyl (C=O) groups is 4. The van der Waals surface area contributed by atoms with Gasteiger partial charge >= 0.3 is 0 Å². The Morgan fingerprint density at radius 1 is 1.10 bits per heavy atom. The number of halogens is 2. The van der Waals surface area contributed by atoms with Crippen molar-refractivity contribution in [2.75, 3.05) is 38.7 Å². The number of ether oxygens (including phenoxy) is 2.